The zero-order valence-corrected chi connectivity index (χ0v) is 10.1. The van der Waals surface area contributed by atoms with Gasteiger partial charge < -0.3 is 15.3 Å². The molecule has 0 spiro atoms. The third-order valence-electron chi connectivity index (χ3n) is 2.15. The van der Waals surface area contributed by atoms with Gasteiger partial charge in [0.15, 0.2) is 12.2 Å². The van der Waals surface area contributed by atoms with Gasteiger partial charge in [0.2, 0.25) is 0 Å². The second-order valence-corrected chi connectivity index (χ2v) is 3.57. The molecule has 8 heteroatoms. The van der Waals surface area contributed by atoms with Crippen LogP contribution in [0.2, 0.25) is 0 Å². The smallest absolute Gasteiger partial charge is 0.475 e. The molecular weight excluding hydrogens is 277 g/mol. The van der Waals surface area contributed by atoms with E-state index < -0.39 is 12.1 Å². The fraction of sp³-hybridized carbons (Fsp3) is 0.167. The summed E-state index contributed by atoms with van der Waals surface area (Å²) in [4.78, 5) is 12.7. The standard InChI is InChI=1S/C10H10N2O.C2HF3O2/c11-5-8-1-3-9(4-2-8)10-6-12-7-13-10;3-2(4,5)1(6)7/h1-4,6-7H,5,11H2;(H,6,7). The maximum Gasteiger partial charge on any atom is 0.490 e. The SMILES string of the molecule is NCc1ccc(-c2cnco2)cc1.O=C(O)C(F)(F)F. The molecule has 0 atom stereocenters. The molecule has 2 rings (SSSR count). The Labute approximate surface area is 111 Å². The van der Waals surface area contributed by atoms with E-state index >= 15 is 0 Å². The van der Waals surface area contributed by atoms with Crippen molar-refractivity contribution in [1.29, 1.82) is 0 Å². The number of carboxylic acid groups (broad SMARTS) is 1. The largest absolute Gasteiger partial charge is 0.490 e. The number of alkyl halides is 3. The molecule has 20 heavy (non-hydrogen) atoms. The Morgan fingerprint density at radius 3 is 2.20 bits per heavy atom. The zero-order valence-electron chi connectivity index (χ0n) is 10.1. The highest BCUT2D eigenvalue weighted by molar-refractivity contribution is 5.73. The van der Waals surface area contributed by atoms with E-state index in [1.54, 1.807) is 6.20 Å². The molecule has 1 aromatic heterocycles. The van der Waals surface area contributed by atoms with Gasteiger partial charge in [-0.1, -0.05) is 24.3 Å². The van der Waals surface area contributed by atoms with E-state index in [0.29, 0.717) is 6.54 Å². The first-order valence-corrected chi connectivity index (χ1v) is 5.32. The van der Waals surface area contributed by atoms with Crippen molar-refractivity contribution >= 4 is 5.97 Å². The monoisotopic (exact) mass is 288 g/mol. The van der Waals surface area contributed by atoms with Crippen LogP contribution in [0.25, 0.3) is 11.3 Å². The minimum atomic E-state index is -5.08. The lowest BCUT2D eigenvalue weighted by Crippen LogP contribution is -2.21. The lowest BCUT2D eigenvalue weighted by molar-refractivity contribution is -0.192. The number of oxazole rings is 1. The third kappa shape index (κ3) is 4.73. The predicted molar refractivity (Wildman–Crippen MR) is 63.5 cm³/mol. The minimum Gasteiger partial charge on any atom is -0.475 e. The molecule has 0 unspecified atom stereocenters. The number of benzene rings is 1. The summed E-state index contributed by atoms with van der Waals surface area (Å²) in [5.74, 6) is -1.98. The molecule has 2 aromatic rings. The fourth-order valence-corrected chi connectivity index (χ4v) is 1.16. The van der Waals surface area contributed by atoms with Crippen LogP contribution in [0.3, 0.4) is 0 Å². The van der Waals surface area contributed by atoms with Gasteiger partial charge in [-0.2, -0.15) is 13.2 Å². The highest BCUT2D eigenvalue weighted by atomic mass is 19.4. The van der Waals surface area contributed by atoms with E-state index in [9.17, 15) is 13.2 Å². The van der Waals surface area contributed by atoms with Crippen molar-refractivity contribution in [3.63, 3.8) is 0 Å². The number of aromatic nitrogens is 1. The van der Waals surface area contributed by atoms with Crippen molar-refractivity contribution in [2.24, 2.45) is 5.73 Å². The van der Waals surface area contributed by atoms with Crippen LogP contribution in [0.15, 0.2) is 41.3 Å². The highest BCUT2D eigenvalue weighted by Gasteiger charge is 2.38. The van der Waals surface area contributed by atoms with E-state index in [1.165, 1.54) is 6.39 Å². The van der Waals surface area contributed by atoms with E-state index in [4.69, 9.17) is 20.1 Å². The molecule has 0 fully saturated rings. The van der Waals surface area contributed by atoms with Crippen molar-refractivity contribution in [2.75, 3.05) is 0 Å². The molecule has 0 saturated heterocycles. The molecule has 3 N–H and O–H groups in total. The van der Waals surface area contributed by atoms with Crippen molar-refractivity contribution in [3.8, 4) is 11.3 Å². The van der Waals surface area contributed by atoms with E-state index in [-0.39, 0.29) is 0 Å². The van der Waals surface area contributed by atoms with Crippen molar-refractivity contribution in [2.45, 2.75) is 12.7 Å². The van der Waals surface area contributed by atoms with Crippen LogP contribution < -0.4 is 5.73 Å². The summed E-state index contributed by atoms with van der Waals surface area (Å²) in [6, 6.07) is 7.92. The minimum absolute atomic E-state index is 0.566. The Balaban J connectivity index is 0.000000246. The van der Waals surface area contributed by atoms with Crippen LogP contribution in [0.4, 0.5) is 13.2 Å². The molecule has 0 aliphatic rings. The number of carboxylic acids is 1. The van der Waals surface area contributed by atoms with Gasteiger partial charge in [0, 0.05) is 12.1 Å². The predicted octanol–water partition coefficient (Wildman–Crippen LogP) is 2.43. The van der Waals surface area contributed by atoms with Gasteiger partial charge in [-0.25, -0.2) is 9.78 Å². The van der Waals surface area contributed by atoms with Gasteiger partial charge in [0.25, 0.3) is 0 Å². The number of nitrogens with zero attached hydrogens (tertiary/aromatic N) is 1. The summed E-state index contributed by atoms with van der Waals surface area (Å²) in [7, 11) is 0. The average Bonchev–Trinajstić information content (AvgIpc) is 2.92. The van der Waals surface area contributed by atoms with E-state index in [2.05, 4.69) is 4.98 Å². The molecule has 1 heterocycles. The number of rotatable bonds is 2. The van der Waals surface area contributed by atoms with Crippen LogP contribution in [-0.4, -0.2) is 22.2 Å². The maximum atomic E-state index is 10.6. The van der Waals surface area contributed by atoms with Gasteiger partial charge in [-0.3, -0.25) is 0 Å². The second-order valence-electron chi connectivity index (χ2n) is 3.57. The summed E-state index contributed by atoms with van der Waals surface area (Å²) in [5, 5.41) is 7.12. The molecule has 1 aromatic carbocycles. The zero-order chi connectivity index (χ0) is 15.2. The lowest BCUT2D eigenvalue weighted by Gasteiger charge is -1.97. The first-order valence-electron chi connectivity index (χ1n) is 5.32. The highest BCUT2D eigenvalue weighted by Crippen LogP contribution is 2.18. The van der Waals surface area contributed by atoms with Crippen LogP contribution in [0.1, 0.15) is 5.56 Å². The second kappa shape index (κ2) is 6.71. The number of nitrogens with two attached hydrogens (primary N) is 1. The van der Waals surface area contributed by atoms with Gasteiger partial charge in [-0.15, -0.1) is 0 Å². The lowest BCUT2D eigenvalue weighted by atomic mass is 10.1. The summed E-state index contributed by atoms with van der Waals surface area (Å²) >= 11 is 0. The van der Waals surface area contributed by atoms with Crippen molar-refractivity contribution in [1.82, 2.24) is 4.98 Å². The summed E-state index contributed by atoms with van der Waals surface area (Å²) in [6.07, 6.45) is -1.97. The first kappa shape index (κ1) is 15.7. The molecule has 0 amide bonds. The first-order chi connectivity index (χ1) is 9.34. The molecule has 0 saturated carbocycles. The summed E-state index contributed by atoms with van der Waals surface area (Å²) < 4.78 is 36.9. The van der Waals surface area contributed by atoms with Gasteiger partial charge in [-0.05, 0) is 5.56 Å². The third-order valence-corrected chi connectivity index (χ3v) is 2.15. The number of aliphatic carboxylic acids is 1. The molecule has 108 valence electrons. The summed E-state index contributed by atoms with van der Waals surface area (Å²) in [6.45, 7) is 0.566. The Morgan fingerprint density at radius 1 is 1.30 bits per heavy atom. The topological polar surface area (TPSA) is 89.4 Å². The Kier molecular flexibility index (Phi) is 5.27. The van der Waals surface area contributed by atoms with E-state index in [1.807, 2.05) is 24.3 Å². The quantitative estimate of drug-likeness (QED) is 0.885. The van der Waals surface area contributed by atoms with Crippen LogP contribution in [0.5, 0.6) is 0 Å². The molecule has 0 radical (unpaired) electrons. The Morgan fingerprint density at radius 2 is 1.85 bits per heavy atom. The number of hydrogen-bond acceptors (Lipinski definition) is 4. The number of hydrogen-bond donors (Lipinski definition) is 2. The van der Waals surface area contributed by atoms with Gasteiger partial charge >= 0.3 is 12.1 Å². The van der Waals surface area contributed by atoms with Crippen molar-refractivity contribution in [3.05, 3.63) is 42.4 Å². The van der Waals surface area contributed by atoms with Crippen LogP contribution in [0, 0.1) is 0 Å². The Bertz CT molecular complexity index is 536. The maximum absolute atomic E-state index is 10.6. The van der Waals surface area contributed by atoms with Crippen LogP contribution in [-0.2, 0) is 11.3 Å². The van der Waals surface area contributed by atoms with Gasteiger partial charge in [0.05, 0.1) is 6.20 Å². The number of carbonyl (C=O) groups is 1. The Hall–Kier alpha value is -2.35. The molecule has 0 aliphatic heterocycles. The van der Waals surface area contributed by atoms with Gasteiger partial charge in [0.1, 0.15) is 0 Å². The fourth-order valence-electron chi connectivity index (χ4n) is 1.16. The molecule has 0 bridgehead atoms. The molecular formula is C12H11F3N2O3. The van der Waals surface area contributed by atoms with Crippen molar-refractivity contribution < 1.29 is 27.5 Å². The van der Waals surface area contributed by atoms with E-state index in [0.717, 1.165) is 16.9 Å². The summed E-state index contributed by atoms with van der Waals surface area (Å²) in [5.41, 5.74) is 7.62. The molecule has 5 nitrogen and oxygen atoms in total. The number of halogens is 3. The molecule has 0 aliphatic carbocycles. The average molecular weight is 288 g/mol. The normalized spacial score (nSPS) is 10.6. The van der Waals surface area contributed by atoms with Crippen LogP contribution >= 0.6 is 0 Å².